The van der Waals surface area contributed by atoms with Crippen LogP contribution in [0.1, 0.15) is 25.6 Å². The molecular weight excluding hydrogens is 233 g/mol. The van der Waals surface area contributed by atoms with Crippen LogP contribution in [0.2, 0.25) is 0 Å². The Morgan fingerprint density at radius 3 is 2.71 bits per heavy atom. The lowest BCUT2D eigenvalue weighted by Crippen LogP contribution is -2.25. The van der Waals surface area contributed by atoms with Gasteiger partial charge in [0, 0.05) is 13.1 Å². The van der Waals surface area contributed by atoms with Crippen LogP contribution in [-0.2, 0) is 13.1 Å². The molecule has 0 fully saturated rings. The fraction of sp³-hybridized carbons (Fsp3) is 0.800. The Bertz CT molecular complexity index is 335. The zero-order chi connectivity index (χ0) is 12.9. The molecule has 0 aliphatic rings. The molecule has 0 radical (unpaired) electrons. The van der Waals surface area contributed by atoms with Gasteiger partial charge in [0.15, 0.2) is 0 Å². The van der Waals surface area contributed by atoms with Crippen molar-refractivity contribution < 1.29 is 13.2 Å². The van der Waals surface area contributed by atoms with Gasteiger partial charge in [-0.05, 0) is 13.5 Å². The summed E-state index contributed by atoms with van der Waals surface area (Å²) in [6, 6.07) is 0. The minimum absolute atomic E-state index is 0.0253. The molecule has 0 bridgehead atoms. The summed E-state index contributed by atoms with van der Waals surface area (Å²) in [5, 5.41) is 7.68. The lowest BCUT2D eigenvalue weighted by Gasteiger charge is -2.17. The first-order chi connectivity index (χ1) is 7.92. The molecule has 0 saturated carbocycles. The molecule has 1 heterocycles. The van der Waals surface area contributed by atoms with E-state index >= 15 is 0 Å². The highest BCUT2D eigenvalue weighted by Crippen LogP contribution is 2.19. The molecule has 0 unspecified atom stereocenters. The second kappa shape index (κ2) is 6.00. The van der Waals surface area contributed by atoms with Crippen LogP contribution in [0, 0.1) is 0 Å². The van der Waals surface area contributed by atoms with Gasteiger partial charge in [-0.2, -0.15) is 13.2 Å². The van der Waals surface area contributed by atoms with Crippen molar-refractivity contribution in [2.45, 2.75) is 39.0 Å². The Balaban J connectivity index is 2.44. The molecular formula is C10H17F3N4. The third-order valence-corrected chi connectivity index (χ3v) is 2.35. The zero-order valence-electron chi connectivity index (χ0n) is 10.0. The summed E-state index contributed by atoms with van der Waals surface area (Å²) in [7, 11) is 1.65. The fourth-order valence-corrected chi connectivity index (χ4v) is 1.47. The third kappa shape index (κ3) is 5.16. The lowest BCUT2D eigenvalue weighted by atomic mass is 10.3. The van der Waals surface area contributed by atoms with Crippen LogP contribution in [0.25, 0.3) is 0 Å². The van der Waals surface area contributed by atoms with Crippen LogP contribution in [0.5, 0.6) is 0 Å². The smallest absolute Gasteiger partial charge is 0.317 e. The molecule has 1 rings (SSSR count). The van der Waals surface area contributed by atoms with Gasteiger partial charge in [-0.15, -0.1) is 10.2 Å². The number of rotatable bonds is 6. The predicted molar refractivity (Wildman–Crippen MR) is 57.3 cm³/mol. The van der Waals surface area contributed by atoms with Crippen molar-refractivity contribution in [2.24, 2.45) is 0 Å². The normalized spacial score (nSPS) is 12.4. The minimum Gasteiger partial charge on any atom is -0.317 e. The van der Waals surface area contributed by atoms with Crippen molar-refractivity contribution in [3.63, 3.8) is 0 Å². The van der Waals surface area contributed by atoms with Gasteiger partial charge in [0.2, 0.25) is 0 Å². The van der Waals surface area contributed by atoms with E-state index < -0.39 is 12.6 Å². The van der Waals surface area contributed by atoms with Crippen molar-refractivity contribution >= 4 is 0 Å². The van der Waals surface area contributed by atoms with Crippen LogP contribution in [0.4, 0.5) is 13.2 Å². The van der Waals surface area contributed by atoms with E-state index in [1.54, 1.807) is 18.3 Å². The van der Waals surface area contributed by atoms with E-state index in [2.05, 4.69) is 10.2 Å². The van der Waals surface area contributed by atoms with E-state index in [9.17, 15) is 13.2 Å². The van der Waals surface area contributed by atoms with Gasteiger partial charge < -0.3 is 4.57 Å². The summed E-state index contributed by atoms with van der Waals surface area (Å²) in [5.74, 6) is 0.705. The van der Waals surface area contributed by atoms with Gasteiger partial charge >= 0.3 is 6.18 Å². The molecule has 0 amide bonds. The lowest BCUT2D eigenvalue weighted by molar-refractivity contribution is -0.137. The summed E-state index contributed by atoms with van der Waals surface area (Å²) in [6.07, 6.45) is -2.36. The Labute approximate surface area is 98.4 Å². The first-order valence-corrected chi connectivity index (χ1v) is 5.54. The monoisotopic (exact) mass is 250 g/mol. The molecule has 0 N–H and O–H groups in total. The first kappa shape index (κ1) is 14.0. The van der Waals surface area contributed by atoms with E-state index in [-0.39, 0.29) is 6.54 Å². The number of halogens is 3. The molecule has 7 heteroatoms. The molecule has 0 atom stereocenters. The maximum absolute atomic E-state index is 12.0. The molecule has 17 heavy (non-hydrogen) atoms. The van der Waals surface area contributed by atoms with Gasteiger partial charge in [-0.1, -0.05) is 6.92 Å². The second-order valence-corrected chi connectivity index (χ2v) is 4.04. The van der Waals surface area contributed by atoms with Crippen molar-refractivity contribution in [1.82, 2.24) is 19.7 Å². The number of aromatic nitrogens is 3. The zero-order valence-corrected chi connectivity index (χ0v) is 10.0. The summed E-state index contributed by atoms with van der Waals surface area (Å²) in [4.78, 5) is 1.60. The Kier molecular flexibility index (Phi) is 4.92. The Morgan fingerprint density at radius 2 is 2.12 bits per heavy atom. The van der Waals surface area contributed by atoms with Gasteiger partial charge in [0.05, 0.1) is 13.0 Å². The van der Waals surface area contributed by atoms with E-state index in [0.29, 0.717) is 12.4 Å². The predicted octanol–water partition coefficient (Wildman–Crippen LogP) is 2.07. The quantitative estimate of drug-likeness (QED) is 0.775. The minimum atomic E-state index is -4.11. The van der Waals surface area contributed by atoms with Crippen molar-refractivity contribution in [3.8, 4) is 0 Å². The molecule has 0 aliphatic heterocycles. The highest BCUT2D eigenvalue weighted by atomic mass is 19.4. The maximum atomic E-state index is 12.0. The van der Waals surface area contributed by atoms with Crippen LogP contribution in [0.15, 0.2) is 6.33 Å². The standard InChI is InChI=1S/C10H17F3N4/c1-3-5-17-8-14-15-9(17)7-16(2)6-4-10(11,12)13/h8H,3-7H2,1-2H3. The maximum Gasteiger partial charge on any atom is 0.390 e. The van der Waals surface area contributed by atoms with Gasteiger partial charge in [0.25, 0.3) is 0 Å². The van der Waals surface area contributed by atoms with Crippen LogP contribution in [-0.4, -0.2) is 39.4 Å². The summed E-state index contributed by atoms with van der Waals surface area (Å²) in [6.45, 7) is 3.17. The molecule has 1 aromatic heterocycles. The van der Waals surface area contributed by atoms with Gasteiger partial charge in [0.1, 0.15) is 12.2 Å². The van der Waals surface area contributed by atoms with Gasteiger partial charge in [-0.3, -0.25) is 4.90 Å². The second-order valence-electron chi connectivity index (χ2n) is 4.04. The largest absolute Gasteiger partial charge is 0.390 e. The number of hydrogen-bond donors (Lipinski definition) is 0. The first-order valence-electron chi connectivity index (χ1n) is 5.54. The SMILES string of the molecule is CCCn1cnnc1CN(C)CCC(F)(F)F. The summed E-state index contributed by atoms with van der Waals surface area (Å²) in [5.41, 5.74) is 0. The number of hydrogen-bond acceptors (Lipinski definition) is 3. The van der Waals surface area contributed by atoms with E-state index in [1.807, 2.05) is 11.5 Å². The Hall–Kier alpha value is -1.11. The molecule has 0 aliphatic carbocycles. The van der Waals surface area contributed by atoms with E-state index in [4.69, 9.17) is 0 Å². The molecule has 0 saturated heterocycles. The van der Waals surface area contributed by atoms with Crippen molar-refractivity contribution in [3.05, 3.63) is 12.2 Å². The molecule has 98 valence electrons. The topological polar surface area (TPSA) is 34.0 Å². The molecule has 0 aromatic carbocycles. The fourth-order valence-electron chi connectivity index (χ4n) is 1.47. The highest BCUT2D eigenvalue weighted by molar-refractivity contribution is 4.85. The van der Waals surface area contributed by atoms with E-state index in [0.717, 1.165) is 13.0 Å². The van der Waals surface area contributed by atoms with E-state index in [1.165, 1.54) is 0 Å². The Morgan fingerprint density at radius 1 is 1.41 bits per heavy atom. The number of alkyl halides is 3. The molecule has 0 spiro atoms. The highest BCUT2D eigenvalue weighted by Gasteiger charge is 2.27. The molecule has 1 aromatic rings. The number of aryl methyl sites for hydroxylation is 1. The molecule has 4 nitrogen and oxygen atoms in total. The van der Waals surface area contributed by atoms with Crippen molar-refractivity contribution in [1.29, 1.82) is 0 Å². The average molecular weight is 250 g/mol. The van der Waals surface area contributed by atoms with Crippen molar-refractivity contribution in [2.75, 3.05) is 13.6 Å². The third-order valence-electron chi connectivity index (χ3n) is 2.35. The average Bonchev–Trinajstić information content (AvgIpc) is 2.63. The van der Waals surface area contributed by atoms with Crippen LogP contribution in [0.3, 0.4) is 0 Å². The summed E-state index contributed by atoms with van der Waals surface area (Å²) < 4.78 is 38.0. The van der Waals surface area contributed by atoms with Crippen LogP contribution < -0.4 is 0 Å². The van der Waals surface area contributed by atoms with Gasteiger partial charge in [-0.25, -0.2) is 0 Å². The summed E-state index contributed by atoms with van der Waals surface area (Å²) >= 11 is 0. The number of nitrogens with zero attached hydrogens (tertiary/aromatic N) is 4. The van der Waals surface area contributed by atoms with Crippen LogP contribution >= 0.6 is 0 Å².